The Morgan fingerprint density at radius 2 is 2.26 bits per heavy atom. The Bertz CT molecular complexity index is 1060. The molecule has 2 fully saturated rings. The molecule has 162 valence electrons. The molecule has 2 amide bonds. The highest BCUT2D eigenvalue weighted by Crippen LogP contribution is 2.52. The first-order valence-corrected chi connectivity index (χ1v) is 10.4. The molecule has 0 radical (unpaired) electrons. The Morgan fingerprint density at radius 1 is 1.42 bits per heavy atom. The van der Waals surface area contributed by atoms with Crippen LogP contribution in [0.25, 0.3) is 0 Å². The van der Waals surface area contributed by atoms with Gasteiger partial charge < -0.3 is 19.3 Å². The Balaban J connectivity index is 1.35. The predicted molar refractivity (Wildman–Crippen MR) is 112 cm³/mol. The van der Waals surface area contributed by atoms with Crippen molar-refractivity contribution in [1.29, 1.82) is 0 Å². The Kier molecular flexibility index (Phi) is 4.62. The monoisotopic (exact) mass is 422 g/mol. The smallest absolute Gasteiger partial charge is 0.230 e. The lowest BCUT2D eigenvalue weighted by molar-refractivity contribution is -0.142. The van der Waals surface area contributed by atoms with Gasteiger partial charge in [-0.1, -0.05) is 24.3 Å². The van der Waals surface area contributed by atoms with E-state index in [2.05, 4.69) is 10.2 Å². The Labute approximate surface area is 180 Å². The number of fused-ring (bicyclic) bond motifs is 1. The first-order chi connectivity index (χ1) is 14.9. The van der Waals surface area contributed by atoms with Crippen LogP contribution in [0.15, 0.2) is 42.5 Å². The molecule has 3 aliphatic rings. The minimum atomic E-state index is -0.718. The fraction of sp³-hybridized carbons (Fsp3) is 0.435. The minimum Gasteiger partial charge on any atom is -0.497 e. The normalized spacial score (nSPS) is 28.3. The molecular formula is C23H26N4O4. The number of likely N-dealkylation sites (tertiary alicyclic amines) is 1. The number of hydrogen-bond acceptors (Lipinski definition) is 5. The van der Waals surface area contributed by atoms with Gasteiger partial charge in [0.2, 0.25) is 11.8 Å². The number of ether oxygens (including phenoxy) is 2. The van der Waals surface area contributed by atoms with Crippen LogP contribution in [0, 0.1) is 18.8 Å². The molecule has 5 rings (SSSR count). The van der Waals surface area contributed by atoms with Gasteiger partial charge in [-0.2, -0.15) is 5.10 Å². The number of aryl methyl sites for hydroxylation is 1. The van der Waals surface area contributed by atoms with Crippen LogP contribution in [0.4, 0.5) is 0 Å². The van der Waals surface area contributed by atoms with E-state index in [9.17, 15) is 9.59 Å². The maximum atomic E-state index is 13.4. The lowest BCUT2D eigenvalue weighted by Crippen LogP contribution is -2.44. The van der Waals surface area contributed by atoms with Crippen molar-refractivity contribution >= 4 is 11.8 Å². The molecule has 31 heavy (non-hydrogen) atoms. The molecule has 3 aliphatic heterocycles. The Hall–Kier alpha value is -3.13. The van der Waals surface area contributed by atoms with Gasteiger partial charge in [0.15, 0.2) is 0 Å². The fourth-order valence-corrected chi connectivity index (χ4v) is 5.12. The lowest BCUT2D eigenvalue weighted by atomic mass is 9.76. The number of H-pyrrole nitrogens is 1. The topological polar surface area (TPSA) is 87.8 Å². The number of amides is 2. The third kappa shape index (κ3) is 3.22. The summed E-state index contributed by atoms with van der Waals surface area (Å²) in [5.41, 5.74) is 2.00. The van der Waals surface area contributed by atoms with Gasteiger partial charge in [0.05, 0.1) is 43.8 Å². The number of carbonyl (C=O) groups excluding carboxylic acids is 2. The van der Waals surface area contributed by atoms with E-state index < -0.39 is 17.4 Å². The van der Waals surface area contributed by atoms with Crippen LogP contribution in [-0.2, 0) is 27.4 Å². The maximum absolute atomic E-state index is 13.4. The van der Waals surface area contributed by atoms with Crippen molar-refractivity contribution in [3.63, 3.8) is 0 Å². The van der Waals surface area contributed by atoms with Crippen molar-refractivity contribution in [3.05, 3.63) is 59.4 Å². The molecule has 0 aliphatic carbocycles. The summed E-state index contributed by atoms with van der Waals surface area (Å²) in [6, 6.07) is 9.60. The zero-order chi connectivity index (χ0) is 21.8. The largest absolute Gasteiger partial charge is 0.497 e. The summed E-state index contributed by atoms with van der Waals surface area (Å²) in [4.78, 5) is 30.2. The summed E-state index contributed by atoms with van der Waals surface area (Å²) >= 11 is 0. The van der Waals surface area contributed by atoms with Crippen molar-refractivity contribution in [2.24, 2.45) is 11.8 Å². The number of rotatable bonds is 6. The Morgan fingerprint density at radius 3 is 3.00 bits per heavy atom. The second-order valence-electron chi connectivity index (χ2n) is 8.68. The number of hydrogen-bond donors (Lipinski definition) is 1. The van der Waals surface area contributed by atoms with E-state index in [0.717, 1.165) is 22.7 Å². The van der Waals surface area contributed by atoms with Gasteiger partial charge in [0, 0.05) is 19.3 Å². The molecule has 2 unspecified atom stereocenters. The summed E-state index contributed by atoms with van der Waals surface area (Å²) in [7, 11) is 3.37. The minimum absolute atomic E-state index is 0.0305. The summed E-state index contributed by atoms with van der Waals surface area (Å²) in [6.45, 7) is 3.22. The van der Waals surface area contributed by atoms with E-state index >= 15 is 0 Å². The van der Waals surface area contributed by atoms with Gasteiger partial charge in [-0.3, -0.25) is 14.7 Å². The van der Waals surface area contributed by atoms with Gasteiger partial charge >= 0.3 is 0 Å². The van der Waals surface area contributed by atoms with Crippen molar-refractivity contribution in [2.45, 2.75) is 31.7 Å². The van der Waals surface area contributed by atoms with Crippen molar-refractivity contribution in [2.75, 3.05) is 20.7 Å². The number of nitrogens with zero attached hydrogens (tertiary/aromatic N) is 3. The van der Waals surface area contributed by atoms with Gasteiger partial charge in [-0.15, -0.1) is 0 Å². The zero-order valence-electron chi connectivity index (χ0n) is 17.9. The average Bonchev–Trinajstić information content (AvgIpc) is 3.50. The summed E-state index contributed by atoms with van der Waals surface area (Å²) in [5, 5.41) is 7.11. The molecular weight excluding hydrogens is 396 g/mol. The molecule has 1 aromatic carbocycles. The van der Waals surface area contributed by atoms with Gasteiger partial charge in [0.1, 0.15) is 11.4 Å². The molecule has 1 N–H and O–H groups in total. The van der Waals surface area contributed by atoms with Crippen LogP contribution < -0.4 is 4.74 Å². The number of benzene rings is 1. The highest BCUT2D eigenvalue weighted by molar-refractivity contribution is 5.93. The SMILES string of the molecule is COc1cccc(CN2C[C@]34C=C[C@H](O3)C(C(=O)N(C)Cc3cc(C)[nH]n3)C4C2=O)c1. The molecule has 2 aromatic rings. The van der Waals surface area contributed by atoms with E-state index in [1.807, 2.05) is 49.4 Å². The number of methoxy groups -OCH3 is 1. The van der Waals surface area contributed by atoms with Crippen LogP contribution in [0.3, 0.4) is 0 Å². The number of nitrogens with one attached hydrogen (secondary N) is 1. The highest BCUT2D eigenvalue weighted by atomic mass is 16.5. The van der Waals surface area contributed by atoms with Crippen molar-refractivity contribution in [1.82, 2.24) is 20.0 Å². The molecule has 4 heterocycles. The van der Waals surface area contributed by atoms with Crippen LogP contribution in [0.2, 0.25) is 0 Å². The number of carbonyl (C=O) groups is 2. The fourth-order valence-electron chi connectivity index (χ4n) is 5.12. The van der Waals surface area contributed by atoms with Crippen LogP contribution >= 0.6 is 0 Å². The lowest BCUT2D eigenvalue weighted by Gasteiger charge is -2.27. The molecule has 1 spiro atoms. The van der Waals surface area contributed by atoms with E-state index in [4.69, 9.17) is 9.47 Å². The van der Waals surface area contributed by atoms with E-state index in [-0.39, 0.29) is 17.9 Å². The van der Waals surface area contributed by atoms with Crippen molar-refractivity contribution < 1.29 is 19.1 Å². The van der Waals surface area contributed by atoms with Gasteiger partial charge in [0.25, 0.3) is 0 Å². The molecule has 8 heteroatoms. The zero-order valence-corrected chi connectivity index (χ0v) is 17.9. The standard InChI is InChI=1S/C23H26N4O4/c1-14-9-16(25-24-14)12-26(2)21(28)19-18-7-8-23(31-18)13-27(22(29)20(19)23)11-15-5-4-6-17(10-15)30-3/h4-10,18-20H,11-13H2,1-3H3,(H,24,25)/t18-,19?,20?,23-/m0/s1. The van der Waals surface area contributed by atoms with E-state index in [1.165, 1.54) is 0 Å². The number of aromatic amines is 1. The van der Waals surface area contributed by atoms with E-state index in [1.54, 1.807) is 24.0 Å². The van der Waals surface area contributed by atoms with Gasteiger partial charge in [-0.25, -0.2) is 0 Å². The summed E-state index contributed by atoms with van der Waals surface area (Å²) in [6.07, 6.45) is 3.56. The third-order valence-electron chi connectivity index (χ3n) is 6.51. The van der Waals surface area contributed by atoms with Gasteiger partial charge in [-0.05, 0) is 30.7 Å². The maximum Gasteiger partial charge on any atom is 0.230 e. The van der Waals surface area contributed by atoms with E-state index in [0.29, 0.717) is 19.6 Å². The quantitative estimate of drug-likeness (QED) is 0.716. The average molecular weight is 422 g/mol. The molecule has 4 atom stereocenters. The van der Waals surface area contributed by atoms with Crippen LogP contribution in [-0.4, -0.2) is 64.2 Å². The summed E-state index contributed by atoms with van der Waals surface area (Å²) in [5.74, 6) is -0.375. The molecule has 1 aromatic heterocycles. The predicted octanol–water partition coefficient (Wildman–Crippen LogP) is 1.67. The van der Waals surface area contributed by atoms with Crippen molar-refractivity contribution in [3.8, 4) is 5.75 Å². The number of aromatic nitrogens is 2. The molecule has 2 saturated heterocycles. The molecule has 8 nitrogen and oxygen atoms in total. The molecule has 2 bridgehead atoms. The first-order valence-electron chi connectivity index (χ1n) is 10.4. The third-order valence-corrected chi connectivity index (χ3v) is 6.51. The first kappa shape index (κ1) is 19.8. The van der Waals surface area contributed by atoms with Crippen LogP contribution in [0.1, 0.15) is 17.0 Å². The second-order valence-corrected chi connectivity index (χ2v) is 8.68. The second kappa shape index (κ2) is 7.23. The summed E-state index contributed by atoms with van der Waals surface area (Å²) < 4.78 is 11.5. The highest BCUT2D eigenvalue weighted by Gasteiger charge is 2.67. The van der Waals surface area contributed by atoms with Crippen LogP contribution in [0.5, 0.6) is 5.75 Å². The molecule has 0 saturated carbocycles.